The van der Waals surface area contributed by atoms with Crippen LogP contribution in [0.15, 0.2) is 12.0 Å². The van der Waals surface area contributed by atoms with Gasteiger partial charge in [0.25, 0.3) is 0 Å². The predicted octanol–water partition coefficient (Wildman–Crippen LogP) is -0.571. The van der Waals surface area contributed by atoms with E-state index in [1.165, 1.54) is 0 Å². The molecule has 0 aromatic heterocycles. The Balaban J connectivity index is 3.82. The van der Waals surface area contributed by atoms with Crippen molar-refractivity contribution in [3.05, 3.63) is 12.0 Å². The third-order valence-electron chi connectivity index (χ3n) is 0.386. The molecule has 0 heterocycles. The number of carboxylic acid groups (broad SMARTS) is 1. The molecule has 0 fully saturated rings. The van der Waals surface area contributed by atoms with Crippen LogP contribution < -0.4 is 5.73 Å². The predicted molar refractivity (Wildman–Crippen MR) is 22.5 cm³/mol. The summed E-state index contributed by atoms with van der Waals surface area (Å²) in [5.41, 5.74) is 4.07. The maximum Gasteiger partial charge on any atom is 0.354 e. The number of carboxylic acids is 1. The smallest absolute Gasteiger partial charge is 0.354 e. The number of aliphatic hydroxyl groups excluding tert-OH is 1. The maximum atomic E-state index is 9.58. The summed E-state index contributed by atoms with van der Waals surface area (Å²) in [6.45, 7) is 0. The number of rotatable bonds is 1. The minimum atomic E-state index is -1.32. The van der Waals surface area contributed by atoms with Gasteiger partial charge in [-0.3, -0.25) is 0 Å². The molecule has 0 saturated carbocycles. The highest BCUT2D eigenvalue weighted by molar-refractivity contribution is 5.84. The minimum Gasteiger partial charge on any atom is -0.513 e. The van der Waals surface area contributed by atoms with E-state index in [-0.39, 0.29) is 0 Å². The van der Waals surface area contributed by atoms with Crippen LogP contribution in [0, 0.1) is 0 Å². The first kappa shape index (κ1) is 5.81. The van der Waals surface area contributed by atoms with Crippen LogP contribution in [0.25, 0.3) is 0 Å². The molecule has 0 aliphatic carbocycles. The lowest BCUT2D eigenvalue weighted by Gasteiger charge is -1.84. The molecule has 7 heavy (non-hydrogen) atoms. The van der Waals surface area contributed by atoms with E-state index in [4.69, 9.17) is 10.2 Å². The number of nitrogens with two attached hydrogens (primary N) is 1. The molecule has 0 rings (SSSR count). The van der Waals surface area contributed by atoms with Gasteiger partial charge in [-0.2, -0.15) is 0 Å². The van der Waals surface area contributed by atoms with Gasteiger partial charge in [0, 0.05) is 0 Å². The minimum absolute atomic E-state index is 0.336. The van der Waals surface area contributed by atoms with Crippen molar-refractivity contribution in [2.45, 2.75) is 0 Å². The van der Waals surface area contributed by atoms with Crippen LogP contribution >= 0.6 is 0 Å². The van der Waals surface area contributed by atoms with Crippen molar-refractivity contribution in [3.63, 3.8) is 0 Å². The Morgan fingerprint density at radius 3 is 2.14 bits per heavy atom. The molecule has 4 heteroatoms. The molecule has 0 aromatic carbocycles. The second-order valence-electron chi connectivity index (χ2n) is 0.890. The maximum absolute atomic E-state index is 9.58. The first-order valence-electron chi connectivity index (χ1n) is 1.51. The van der Waals surface area contributed by atoms with E-state index in [0.717, 1.165) is 0 Å². The fourth-order valence-corrected chi connectivity index (χ4v) is 0.0552. The summed E-state index contributed by atoms with van der Waals surface area (Å²) in [7, 11) is 0. The lowest BCUT2D eigenvalue weighted by molar-refractivity contribution is -0.132. The second-order valence-corrected chi connectivity index (χ2v) is 0.890. The van der Waals surface area contributed by atoms with Gasteiger partial charge in [-0.15, -0.1) is 0 Å². The topological polar surface area (TPSA) is 83.5 Å². The summed E-state index contributed by atoms with van der Waals surface area (Å²) in [5, 5.41) is 15.7. The average molecular weight is 103 g/mol. The van der Waals surface area contributed by atoms with Gasteiger partial charge >= 0.3 is 5.97 Å². The highest BCUT2D eigenvalue weighted by Gasteiger charge is 1.96. The summed E-state index contributed by atoms with van der Waals surface area (Å²) in [5.74, 6) is -1.32. The van der Waals surface area contributed by atoms with Crippen LogP contribution in [-0.4, -0.2) is 16.2 Å². The number of hydrogen-bond acceptors (Lipinski definition) is 3. The quantitative estimate of drug-likeness (QED) is 0.306. The number of aliphatic carboxylic acids is 1. The Bertz CT molecular complexity index is 107. The van der Waals surface area contributed by atoms with Crippen LogP contribution in [0.4, 0.5) is 0 Å². The van der Waals surface area contributed by atoms with Gasteiger partial charge in [-0.25, -0.2) is 4.79 Å². The molecule has 0 aromatic rings. The largest absolute Gasteiger partial charge is 0.513 e. The van der Waals surface area contributed by atoms with Crippen LogP contribution in [0.5, 0.6) is 0 Å². The summed E-state index contributed by atoms with van der Waals surface area (Å²) < 4.78 is 0. The highest BCUT2D eigenvalue weighted by atomic mass is 16.4. The van der Waals surface area contributed by atoms with Gasteiger partial charge in [0.15, 0.2) is 5.70 Å². The van der Waals surface area contributed by atoms with Gasteiger partial charge in [0.1, 0.15) is 6.26 Å². The lowest BCUT2D eigenvalue weighted by Crippen LogP contribution is -2.09. The SMILES string of the molecule is NC(=CO)C(=O)O. The van der Waals surface area contributed by atoms with Crippen molar-refractivity contribution >= 4 is 5.97 Å². The molecule has 0 atom stereocenters. The van der Waals surface area contributed by atoms with Crippen LogP contribution in [0.2, 0.25) is 0 Å². The first-order valence-corrected chi connectivity index (χ1v) is 1.51. The number of hydrogen-bond donors (Lipinski definition) is 3. The van der Waals surface area contributed by atoms with Crippen molar-refractivity contribution in [1.82, 2.24) is 0 Å². The lowest BCUT2D eigenvalue weighted by atomic mass is 10.5. The molecular weight excluding hydrogens is 98.0 g/mol. The Hall–Kier alpha value is -1.19. The molecule has 40 valence electrons. The van der Waals surface area contributed by atoms with Gasteiger partial charge < -0.3 is 15.9 Å². The molecule has 0 spiro atoms. The van der Waals surface area contributed by atoms with E-state index in [1.54, 1.807) is 0 Å². The molecule has 0 unspecified atom stereocenters. The third-order valence-corrected chi connectivity index (χ3v) is 0.386. The molecular formula is C3H5NO3. The van der Waals surface area contributed by atoms with Crippen LogP contribution in [0.1, 0.15) is 0 Å². The second kappa shape index (κ2) is 2.07. The molecule has 0 radical (unpaired) electrons. The Kier molecular flexibility index (Phi) is 1.72. The summed E-state index contributed by atoms with van der Waals surface area (Å²) >= 11 is 0. The molecule has 0 aliphatic heterocycles. The standard InChI is InChI=1S/C3H5NO3/c4-2(1-5)3(6)7/h1,5H,4H2,(H,6,7). The molecule has 4 N–H and O–H groups in total. The van der Waals surface area contributed by atoms with E-state index in [0.29, 0.717) is 6.26 Å². The normalized spacial score (nSPS) is 11.1. The van der Waals surface area contributed by atoms with Crippen molar-refractivity contribution < 1.29 is 15.0 Å². The summed E-state index contributed by atoms with van der Waals surface area (Å²) in [4.78, 5) is 9.58. The molecule has 0 saturated heterocycles. The van der Waals surface area contributed by atoms with Crippen LogP contribution in [0.3, 0.4) is 0 Å². The molecule has 0 amide bonds. The van der Waals surface area contributed by atoms with Crippen LogP contribution in [-0.2, 0) is 4.79 Å². The van der Waals surface area contributed by atoms with Gasteiger partial charge in [0.2, 0.25) is 0 Å². The average Bonchev–Trinajstić information content (AvgIpc) is 1.65. The zero-order valence-electron chi connectivity index (χ0n) is 3.46. The fourth-order valence-electron chi connectivity index (χ4n) is 0.0552. The Morgan fingerprint density at radius 2 is 2.14 bits per heavy atom. The molecule has 0 bridgehead atoms. The Morgan fingerprint density at radius 1 is 1.71 bits per heavy atom. The third kappa shape index (κ3) is 1.64. The summed E-state index contributed by atoms with van der Waals surface area (Å²) in [6.07, 6.45) is 0.336. The first-order chi connectivity index (χ1) is 3.18. The van der Waals surface area contributed by atoms with E-state index < -0.39 is 11.7 Å². The monoisotopic (exact) mass is 103 g/mol. The van der Waals surface area contributed by atoms with E-state index >= 15 is 0 Å². The highest BCUT2D eigenvalue weighted by Crippen LogP contribution is 1.75. The number of aliphatic hydroxyl groups is 1. The van der Waals surface area contributed by atoms with E-state index in [2.05, 4.69) is 5.73 Å². The van der Waals surface area contributed by atoms with Crippen molar-refractivity contribution in [2.24, 2.45) is 5.73 Å². The zero-order valence-corrected chi connectivity index (χ0v) is 3.46. The van der Waals surface area contributed by atoms with E-state index in [1.807, 2.05) is 0 Å². The van der Waals surface area contributed by atoms with E-state index in [9.17, 15) is 4.79 Å². The zero-order chi connectivity index (χ0) is 5.86. The summed E-state index contributed by atoms with van der Waals surface area (Å²) in [6, 6.07) is 0. The van der Waals surface area contributed by atoms with Crippen molar-refractivity contribution in [2.75, 3.05) is 0 Å². The van der Waals surface area contributed by atoms with Crippen molar-refractivity contribution in [3.8, 4) is 0 Å². The van der Waals surface area contributed by atoms with Gasteiger partial charge in [-0.05, 0) is 0 Å². The fraction of sp³-hybridized carbons (Fsp3) is 0. The van der Waals surface area contributed by atoms with Crippen molar-refractivity contribution in [1.29, 1.82) is 0 Å². The number of carbonyl (C=O) groups is 1. The molecule has 0 aliphatic rings. The van der Waals surface area contributed by atoms with Gasteiger partial charge in [0.05, 0.1) is 0 Å². The van der Waals surface area contributed by atoms with Gasteiger partial charge in [-0.1, -0.05) is 0 Å². The molecule has 4 nitrogen and oxygen atoms in total. The Labute approximate surface area is 39.9 Å².